The van der Waals surface area contributed by atoms with Crippen LogP contribution in [0.2, 0.25) is 0 Å². The second-order valence-electron chi connectivity index (χ2n) is 11.1. The van der Waals surface area contributed by atoms with Crippen molar-refractivity contribution in [1.82, 2.24) is 9.97 Å². The van der Waals surface area contributed by atoms with Gasteiger partial charge < -0.3 is 35.3 Å². The van der Waals surface area contributed by atoms with Crippen molar-refractivity contribution in [2.75, 3.05) is 43.1 Å². The zero-order chi connectivity index (χ0) is 30.2. The molecule has 3 aliphatic heterocycles. The molecule has 13 heteroatoms. The molecule has 0 spiro atoms. The highest BCUT2D eigenvalue weighted by Gasteiger charge is 2.35. The van der Waals surface area contributed by atoms with Crippen LogP contribution < -0.4 is 25.4 Å². The molecule has 43 heavy (non-hydrogen) atoms. The van der Waals surface area contributed by atoms with Crippen molar-refractivity contribution in [2.24, 2.45) is 11.7 Å². The summed E-state index contributed by atoms with van der Waals surface area (Å²) >= 11 is 0. The summed E-state index contributed by atoms with van der Waals surface area (Å²) in [5.74, 6) is -3.67. The third kappa shape index (κ3) is 5.84. The number of benzene rings is 1. The van der Waals surface area contributed by atoms with Crippen LogP contribution in [-0.2, 0) is 11.2 Å². The van der Waals surface area contributed by atoms with Gasteiger partial charge in [0, 0.05) is 55.8 Å². The van der Waals surface area contributed by atoms with E-state index in [1.807, 2.05) is 11.8 Å². The maximum Gasteiger partial charge on any atom is 0.274 e. The smallest absolute Gasteiger partial charge is 0.274 e. The summed E-state index contributed by atoms with van der Waals surface area (Å²) < 4.78 is 61.9. The van der Waals surface area contributed by atoms with Crippen LogP contribution in [0.4, 0.5) is 24.5 Å². The Morgan fingerprint density at radius 3 is 2.67 bits per heavy atom. The zero-order valence-corrected chi connectivity index (χ0v) is 23.5. The fourth-order valence-corrected chi connectivity index (χ4v) is 5.85. The first-order chi connectivity index (χ1) is 20.7. The summed E-state index contributed by atoms with van der Waals surface area (Å²) in [6, 6.07) is 3.47. The molecule has 3 aromatic rings. The number of ether oxygens (including phenoxy) is 3. The minimum Gasteiger partial charge on any atom is -0.488 e. The van der Waals surface area contributed by atoms with E-state index in [1.165, 1.54) is 6.20 Å². The molecule has 6 rings (SSSR count). The average Bonchev–Trinajstić information content (AvgIpc) is 3.45. The van der Waals surface area contributed by atoms with E-state index in [9.17, 15) is 14.3 Å². The predicted molar refractivity (Wildman–Crippen MR) is 151 cm³/mol. The van der Waals surface area contributed by atoms with E-state index < -0.39 is 46.8 Å². The topological polar surface area (TPSA) is 132 Å². The Balaban J connectivity index is 1.28. The van der Waals surface area contributed by atoms with E-state index in [2.05, 4.69) is 15.3 Å². The number of halogens is 3. The Morgan fingerprint density at radius 2 is 1.95 bits per heavy atom. The second kappa shape index (κ2) is 12.0. The molecule has 2 saturated heterocycles. The number of amides is 1. The highest BCUT2D eigenvalue weighted by atomic mass is 19.1. The molecule has 0 saturated carbocycles. The van der Waals surface area contributed by atoms with Gasteiger partial charge in [-0.25, -0.2) is 23.1 Å². The first kappa shape index (κ1) is 29.1. The lowest BCUT2D eigenvalue weighted by molar-refractivity contribution is 0.00720. The standard InChI is InChI=1S/C30H32F3N5O5/c1-15-12-38(13-22(34)28(15)39)27-18-6-8-42-30(18)35-11-24(27)37-29(40)23-5-4-19(31)26(36-23)25-20(32)9-17(10-21(25)33)43-16-3-2-7-41-14-16/h4-5,9-11,15-16,22,28,39H,2-3,6-8,12-14,34H2,1H3,(H,37,40). The van der Waals surface area contributed by atoms with Gasteiger partial charge in [0.15, 0.2) is 0 Å². The number of aliphatic hydroxyl groups is 1. The van der Waals surface area contributed by atoms with Crippen molar-refractivity contribution in [1.29, 1.82) is 0 Å². The van der Waals surface area contributed by atoms with Gasteiger partial charge in [0.1, 0.15) is 40.7 Å². The Labute approximate surface area is 246 Å². The molecule has 5 heterocycles. The maximum atomic E-state index is 15.2. The molecular formula is C30H32F3N5O5. The van der Waals surface area contributed by atoms with E-state index >= 15 is 8.78 Å². The largest absolute Gasteiger partial charge is 0.488 e. The summed E-state index contributed by atoms with van der Waals surface area (Å²) in [6.07, 6.45) is 2.41. The van der Waals surface area contributed by atoms with Crippen molar-refractivity contribution < 1.29 is 37.3 Å². The van der Waals surface area contributed by atoms with E-state index in [-0.39, 0.29) is 23.5 Å². The van der Waals surface area contributed by atoms with Crippen LogP contribution in [0.5, 0.6) is 11.6 Å². The molecular weight excluding hydrogens is 567 g/mol. The quantitative estimate of drug-likeness (QED) is 0.390. The molecule has 1 amide bonds. The first-order valence-electron chi connectivity index (χ1n) is 14.2. The third-order valence-electron chi connectivity index (χ3n) is 7.98. The number of carbonyl (C=O) groups is 1. The van der Waals surface area contributed by atoms with Crippen LogP contribution in [0.15, 0.2) is 30.5 Å². The third-order valence-corrected chi connectivity index (χ3v) is 7.98. The maximum absolute atomic E-state index is 15.2. The van der Waals surface area contributed by atoms with E-state index in [0.29, 0.717) is 63.0 Å². The van der Waals surface area contributed by atoms with Crippen molar-refractivity contribution in [3.8, 4) is 22.9 Å². The molecule has 0 bridgehead atoms. The van der Waals surface area contributed by atoms with Crippen LogP contribution >= 0.6 is 0 Å². The lowest BCUT2D eigenvalue weighted by Crippen LogP contribution is -2.56. The van der Waals surface area contributed by atoms with Crippen molar-refractivity contribution in [2.45, 2.75) is 44.4 Å². The zero-order valence-electron chi connectivity index (χ0n) is 23.5. The monoisotopic (exact) mass is 599 g/mol. The summed E-state index contributed by atoms with van der Waals surface area (Å²) in [5, 5.41) is 13.1. The molecule has 4 atom stereocenters. The molecule has 0 aliphatic carbocycles. The van der Waals surface area contributed by atoms with Crippen LogP contribution in [0, 0.1) is 23.4 Å². The summed E-state index contributed by atoms with van der Waals surface area (Å²) in [7, 11) is 0. The molecule has 10 nitrogen and oxygen atoms in total. The number of nitrogens with two attached hydrogens (primary N) is 1. The van der Waals surface area contributed by atoms with Crippen molar-refractivity contribution in [3.63, 3.8) is 0 Å². The molecule has 4 unspecified atom stereocenters. The number of fused-ring (bicyclic) bond motifs is 1. The summed E-state index contributed by atoms with van der Waals surface area (Å²) in [6.45, 7) is 4.01. The van der Waals surface area contributed by atoms with Crippen molar-refractivity contribution in [3.05, 3.63) is 59.2 Å². The first-order valence-corrected chi connectivity index (χ1v) is 14.2. The SMILES string of the molecule is CC1CN(c2c(NC(=O)c3ccc(F)c(-c4c(F)cc(OC5CCCOC5)cc4F)n3)cnc3c2CCO3)CC(N)C1O. The van der Waals surface area contributed by atoms with Gasteiger partial charge >= 0.3 is 0 Å². The number of carbonyl (C=O) groups excluding carboxylic acids is 1. The Morgan fingerprint density at radius 1 is 1.16 bits per heavy atom. The lowest BCUT2D eigenvalue weighted by Gasteiger charge is -2.41. The number of piperidine rings is 1. The van der Waals surface area contributed by atoms with Gasteiger partial charge in [-0.15, -0.1) is 0 Å². The van der Waals surface area contributed by atoms with Gasteiger partial charge in [0.2, 0.25) is 5.88 Å². The van der Waals surface area contributed by atoms with Crippen molar-refractivity contribution >= 4 is 17.3 Å². The Kier molecular flexibility index (Phi) is 8.12. The second-order valence-corrected chi connectivity index (χ2v) is 11.1. The number of aliphatic hydroxyl groups excluding tert-OH is 1. The van der Waals surface area contributed by atoms with E-state index in [4.69, 9.17) is 19.9 Å². The van der Waals surface area contributed by atoms with Gasteiger partial charge in [-0.1, -0.05) is 6.92 Å². The summed E-state index contributed by atoms with van der Waals surface area (Å²) in [4.78, 5) is 23.7. The normalized spacial score (nSPS) is 23.4. The highest BCUT2D eigenvalue weighted by molar-refractivity contribution is 6.05. The van der Waals surface area contributed by atoms with Crippen LogP contribution in [-0.4, -0.2) is 72.1 Å². The number of aromatic nitrogens is 2. The van der Waals surface area contributed by atoms with Gasteiger partial charge in [0.05, 0.1) is 42.5 Å². The lowest BCUT2D eigenvalue weighted by atomic mass is 9.92. The minimum atomic E-state index is -1.08. The van der Waals surface area contributed by atoms with Crippen LogP contribution in [0.1, 0.15) is 35.8 Å². The molecule has 2 fully saturated rings. The predicted octanol–water partition coefficient (Wildman–Crippen LogP) is 3.45. The number of hydrogen-bond acceptors (Lipinski definition) is 9. The average molecular weight is 600 g/mol. The van der Waals surface area contributed by atoms with Gasteiger partial charge in [-0.2, -0.15) is 0 Å². The molecule has 0 radical (unpaired) electrons. The van der Waals surface area contributed by atoms with Crippen LogP contribution in [0.3, 0.4) is 0 Å². The number of nitrogens with zero attached hydrogens (tertiary/aromatic N) is 3. The Hall–Kier alpha value is -3.94. The van der Waals surface area contributed by atoms with E-state index in [1.54, 1.807) is 0 Å². The number of rotatable bonds is 6. The molecule has 3 aliphatic rings. The number of nitrogens with one attached hydrogen (secondary N) is 1. The fourth-order valence-electron chi connectivity index (χ4n) is 5.85. The number of pyridine rings is 2. The molecule has 1 aromatic carbocycles. The minimum absolute atomic E-state index is 0.0524. The number of anilines is 2. The fraction of sp³-hybridized carbons (Fsp3) is 0.433. The molecule has 4 N–H and O–H groups in total. The van der Waals surface area contributed by atoms with Crippen LogP contribution in [0.25, 0.3) is 11.3 Å². The summed E-state index contributed by atoms with van der Waals surface area (Å²) in [5.41, 5.74) is 6.35. The van der Waals surface area contributed by atoms with Gasteiger partial charge in [-0.3, -0.25) is 4.79 Å². The molecule has 2 aromatic heterocycles. The van der Waals surface area contributed by atoms with E-state index in [0.717, 1.165) is 36.2 Å². The number of hydrogen-bond donors (Lipinski definition) is 3. The Bertz CT molecular complexity index is 1500. The van der Waals surface area contributed by atoms with Gasteiger partial charge in [-0.05, 0) is 25.0 Å². The van der Waals surface area contributed by atoms with Gasteiger partial charge in [0.25, 0.3) is 5.91 Å². The highest BCUT2D eigenvalue weighted by Crippen LogP contribution is 2.40. The molecule has 228 valence electrons.